The highest BCUT2D eigenvalue weighted by Gasteiger charge is 2.30. The largest absolute Gasteiger partial charge is 0.445 e. The van der Waals surface area contributed by atoms with E-state index in [0.29, 0.717) is 6.54 Å². The molecule has 3 aromatic carbocycles. The molecular weight excluding hydrogens is 436 g/mol. The molecule has 5 nitrogen and oxygen atoms in total. The summed E-state index contributed by atoms with van der Waals surface area (Å²) in [7, 11) is 0. The maximum absolute atomic E-state index is 12.6. The average molecular weight is 465 g/mol. The summed E-state index contributed by atoms with van der Waals surface area (Å²) >= 11 is 0. The van der Waals surface area contributed by atoms with Crippen molar-refractivity contribution >= 4 is 17.7 Å². The minimum atomic E-state index is -0.312. The minimum Gasteiger partial charge on any atom is -0.445 e. The Bertz CT molecular complexity index is 1250. The number of ether oxygens (including phenoxy) is 1. The smallest absolute Gasteiger partial charge is 0.411 e. The Hall–Kier alpha value is -4.04. The highest BCUT2D eigenvalue weighted by atomic mass is 16.6. The van der Waals surface area contributed by atoms with Crippen LogP contribution in [-0.4, -0.2) is 29.5 Å². The van der Waals surface area contributed by atoms with E-state index in [1.807, 2.05) is 72.8 Å². The van der Waals surface area contributed by atoms with Crippen LogP contribution in [0.15, 0.2) is 78.9 Å². The topological polar surface area (TPSA) is 58.6 Å². The van der Waals surface area contributed by atoms with Gasteiger partial charge in [0, 0.05) is 23.7 Å². The SMILES string of the molecule is O=C(Nc1ccc(-c2cccc(C#CC3CCCN3C(=O)OCc3ccccc3)c2)cc1)C1CC1. The highest BCUT2D eigenvalue weighted by Crippen LogP contribution is 2.30. The third-order valence-electron chi connectivity index (χ3n) is 6.37. The Labute approximate surface area is 206 Å². The van der Waals surface area contributed by atoms with E-state index in [0.717, 1.165) is 53.6 Å². The lowest BCUT2D eigenvalue weighted by Crippen LogP contribution is -2.35. The van der Waals surface area contributed by atoms with Crippen LogP contribution in [0.3, 0.4) is 0 Å². The minimum absolute atomic E-state index is 0.111. The van der Waals surface area contributed by atoms with Gasteiger partial charge in [0.2, 0.25) is 5.91 Å². The second kappa shape index (κ2) is 10.5. The summed E-state index contributed by atoms with van der Waals surface area (Å²) in [5.74, 6) is 6.83. The Morgan fingerprint density at radius 2 is 1.71 bits per heavy atom. The van der Waals surface area contributed by atoms with E-state index in [2.05, 4.69) is 23.2 Å². The maximum Gasteiger partial charge on any atom is 0.411 e. The fourth-order valence-corrected chi connectivity index (χ4v) is 4.22. The van der Waals surface area contributed by atoms with Crippen LogP contribution in [0.2, 0.25) is 0 Å². The van der Waals surface area contributed by atoms with Crippen LogP contribution < -0.4 is 5.32 Å². The quantitative estimate of drug-likeness (QED) is 0.482. The molecule has 1 heterocycles. The van der Waals surface area contributed by atoms with Crippen molar-refractivity contribution in [2.75, 3.05) is 11.9 Å². The molecule has 2 amide bonds. The summed E-state index contributed by atoms with van der Waals surface area (Å²) in [6.07, 6.45) is 3.44. The Balaban J connectivity index is 1.22. The number of amides is 2. The van der Waals surface area contributed by atoms with E-state index in [-0.39, 0.29) is 30.6 Å². The first-order valence-corrected chi connectivity index (χ1v) is 12.2. The van der Waals surface area contributed by atoms with Gasteiger partial charge in [0.25, 0.3) is 0 Å². The fraction of sp³-hybridized carbons (Fsp3) is 0.267. The van der Waals surface area contributed by atoms with Crippen molar-refractivity contribution in [2.45, 2.75) is 38.3 Å². The number of hydrogen-bond donors (Lipinski definition) is 1. The van der Waals surface area contributed by atoms with Crippen LogP contribution >= 0.6 is 0 Å². The molecule has 0 spiro atoms. The van der Waals surface area contributed by atoms with E-state index in [1.54, 1.807) is 4.90 Å². The molecule has 1 saturated heterocycles. The molecule has 0 radical (unpaired) electrons. The third kappa shape index (κ3) is 5.91. The zero-order chi connectivity index (χ0) is 24.0. The first-order chi connectivity index (χ1) is 17.2. The Morgan fingerprint density at radius 1 is 0.914 bits per heavy atom. The zero-order valence-electron chi connectivity index (χ0n) is 19.6. The molecule has 1 aliphatic heterocycles. The molecule has 1 N–H and O–H groups in total. The standard InChI is InChI=1S/C30H28N2O3/c33-29(25-12-13-25)31-27-16-14-24(15-17-27)26-9-4-8-22(20-26)11-18-28-10-5-19-32(28)30(34)35-21-23-6-2-1-3-7-23/h1-4,6-9,14-17,20,25,28H,5,10,12-13,19,21H2,(H,31,33). The molecule has 176 valence electrons. The Morgan fingerprint density at radius 3 is 2.49 bits per heavy atom. The van der Waals surface area contributed by atoms with Gasteiger partial charge in [-0.05, 0) is 66.6 Å². The second-order valence-electron chi connectivity index (χ2n) is 9.08. The second-order valence-corrected chi connectivity index (χ2v) is 9.08. The van der Waals surface area contributed by atoms with E-state index < -0.39 is 0 Å². The third-order valence-corrected chi connectivity index (χ3v) is 6.37. The predicted molar refractivity (Wildman–Crippen MR) is 136 cm³/mol. The molecule has 1 aliphatic carbocycles. The maximum atomic E-state index is 12.6. The van der Waals surface area contributed by atoms with Crippen molar-refractivity contribution in [1.82, 2.24) is 4.90 Å². The Kier molecular flexibility index (Phi) is 6.81. The molecule has 0 bridgehead atoms. The van der Waals surface area contributed by atoms with Crippen LogP contribution in [0, 0.1) is 17.8 Å². The van der Waals surface area contributed by atoms with Gasteiger partial charge in [-0.1, -0.05) is 66.4 Å². The molecular formula is C30H28N2O3. The normalized spacial score (nSPS) is 16.8. The van der Waals surface area contributed by atoms with Gasteiger partial charge in [-0.25, -0.2) is 4.79 Å². The number of nitrogens with zero attached hydrogens (tertiary/aromatic N) is 1. The molecule has 1 saturated carbocycles. The first kappa shape index (κ1) is 22.7. The van der Waals surface area contributed by atoms with Crippen molar-refractivity contribution in [3.8, 4) is 23.0 Å². The van der Waals surface area contributed by atoms with Gasteiger partial charge in [-0.3, -0.25) is 9.69 Å². The molecule has 2 fully saturated rings. The monoisotopic (exact) mass is 464 g/mol. The van der Waals surface area contributed by atoms with E-state index in [4.69, 9.17) is 4.74 Å². The summed E-state index contributed by atoms with van der Waals surface area (Å²) in [4.78, 5) is 26.3. The molecule has 5 rings (SSSR count). The zero-order valence-corrected chi connectivity index (χ0v) is 19.6. The number of rotatable bonds is 5. The van der Waals surface area contributed by atoms with Gasteiger partial charge in [0.1, 0.15) is 6.61 Å². The van der Waals surface area contributed by atoms with Gasteiger partial charge >= 0.3 is 6.09 Å². The van der Waals surface area contributed by atoms with E-state index in [1.165, 1.54) is 0 Å². The number of likely N-dealkylation sites (tertiary alicyclic amines) is 1. The lowest BCUT2D eigenvalue weighted by atomic mass is 10.0. The lowest BCUT2D eigenvalue weighted by molar-refractivity contribution is -0.117. The molecule has 1 unspecified atom stereocenters. The van der Waals surface area contributed by atoms with Crippen LogP contribution in [0.4, 0.5) is 10.5 Å². The van der Waals surface area contributed by atoms with Gasteiger partial charge in [0.05, 0.1) is 6.04 Å². The number of anilines is 1. The number of nitrogens with one attached hydrogen (secondary N) is 1. The summed E-state index contributed by atoms with van der Waals surface area (Å²) < 4.78 is 5.51. The number of hydrogen-bond acceptors (Lipinski definition) is 3. The van der Waals surface area contributed by atoms with Crippen molar-refractivity contribution < 1.29 is 14.3 Å². The average Bonchev–Trinajstić information content (AvgIpc) is 3.65. The van der Waals surface area contributed by atoms with Crippen LogP contribution in [0.1, 0.15) is 36.8 Å². The molecule has 35 heavy (non-hydrogen) atoms. The first-order valence-electron chi connectivity index (χ1n) is 12.2. The molecule has 1 atom stereocenters. The summed E-state index contributed by atoms with van der Waals surface area (Å²) in [6.45, 7) is 0.929. The van der Waals surface area contributed by atoms with E-state index in [9.17, 15) is 9.59 Å². The summed E-state index contributed by atoms with van der Waals surface area (Å²) in [5, 5.41) is 2.97. The van der Waals surface area contributed by atoms with Gasteiger partial charge in [-0.2, -0.15) is 0 Å². The lowest BCUT2D eigenvalue weighted by Gasteiger charge is -2.20. The van der Waals surface area contributed by atoms with Gasteiger partial charge < -0.3 is 10.1 Å². The summed E-state index contributed by atoms with van der Waals surface area (Å²) in [6, 6.07) is 25.5. The summed E-state index contributed by atoms with van der Waals surface area (Å²) in [5.41, 5.74) is 4.81. The highest BCUT2D eigenvalue weighted by molar-refractivity contribution is 5.94. The molecule has 3 aromatic rings. The van der Waals surface area contributed by atoms with Gasteiger partial charge in [0.15, 0.2) is 0 Å². The van der Waals surface area contributed by atoms with Crippen molar-refractivity contribution in [1.29, 1.82) is 0 Å². The number of carbonyl (C=O) groups excluding carboxylic acids is 2. The molecule has 5 heteroatoms. The van der Waals surface area contributed by atoms with E-state index >= 15 is 0 Å². The fourth-order valence-electron chi connectivity index (χ4n) is 4.22. The number of benzene rings is 3. The van der Waals surface area contributed by atoms with Crippen molar-refractivity contribution in [3.05, 3.63) is 90.0 Å². The number of carbonyl (C=O) groups is 2. The van der Waals surface area contributed by atoms with Gasteiger partial charge in [-0.15, -0.1) is 0 Å². The molecule has 0 aromatic heterocycles. The van der Waals surface area contributed by atoms with Crippen LogP contribution in [0.5, 0.6) is 0 Å². The van der Waals surface area contributed by atoms with Crippen LogP contribution in [-0.2, 0) is 16.1 Å². The predicted octanol–water partition coefficient (Wildman–Crippen LogP) is 5.85. The van der Waals surface area contributed by atoms with Crippen molar-refractivity contribution in [2.24, 2.45) is 5.92 Å². The van der Waals surface area contributed by atoms with Crippen molar-refractivity contribution in [3.63, 3.8) is 0 Å². The van der Waals surface area contributed by atoms with Crippen LogP contribution in [0.25, 0.3) is 11.1 Å². The molecule has 2 aliphatic rings.